The van der Waals surface area contributed by atoms with Crippen LogP contribution >= 0.6 is 0 Å². The summed E-state index contributed by atoms with van der Waals surface area (Å²) in [6.07, 6.45) is 0. The Labute approximate surface area is 117 Å². The van der Waals surface area contributed by atoms with E-state index in [-0.39, 0.29) is 12.7 Å². The van der Waals surface area contributed by atoms with Gasteiger partial charge in [-0.05, 0) is 23.6 Å². The van der Waals surface area contributed by atoms with Gasteiger partial charge in [0.05, 0.1) is 0 Å². The van der Waals surface area contributed by atoms with Gasteiger partial charge in [-0.2, -0.15) is 0 Å². The minimum atomic E-state index is -0.435. The predicted molar refractivity (Wildman–Crippen MR) is 73.7 cm³/mol. The van der Waals surface area contributed by atoms with Gasteiger partial charge in [0.25, 0.3) is 5.91 Å². The van der Waals surface area contributed by atoms with Gasteiger partial charge >= 0.3 is 0 Å². The van der Waals surface area contributed by atoms with Crippen molar-refractivity contribution in [1.82, 2.24) is 10.6 Å². The molecule has 0 spiro atoms. The normalized spacial score (nSPS) is 22.2. The van der Waals surface area contributed by atoms with Gasteiger partial charge in [0.15, 0.2) is 17.5 Å². The highest BCUT2D eigenvalue weighted by Crippen LogP contribution is 2.34. The van der Waals surface area contributed by atoms with Crippen LogP contribution in [0.5, 0.6) is 11.5 Å². The largest absolute Gasteiger partial charge is 0.454 e. The summed E-state index contributed by atoms with van der Waals surface area (Å²) in [7, 11) is 0. The molecule has 2 aliphatic rings. The van der Waals surface area contributed by atoms with Crippen molar-refractivity contribution >= 4 is 11.9 Å². The molecule has 106 valence electrons. The van der Waals surface area contributed by atoms with E-state index in [2.05, 4.69) is 29.5 Å². The molecule has 1 saturated heterocycles. The third-order valence-electron chi connectivity index (χ3n) is 3.13. The predicted octanol–water partition coefficient (Wildman–Crippen LogP) is 1.19. The topological polar surface area (TPSA) is 72.0 Å². The number of rotatable bonds is 3. The van der Waals surface area contributed by atoms with Gasteiger partial charge in [0, 0.05) is 6.54 Å². The molecule has 1 aromatic carbocycles. The molecule has 1 aromatic rings. The monoisotopic (exact) mass is 275 g/mol. The maximum absolute atomic E-state index is 12.0. The number of aliphatic imine (C=N–C) groups is 1. The Morgan fingerprint density at radius 1 is 1.35 bits per heavy atom. The first-order chi connectivity index (χ1) is 9.63. The second kappa shape index (κ2) is 5.03. The molecular formula is C14H17N3O3. The summed E-state index contributed by atoms with van der Waals surface area (Å²) in [5.74, 6) is 2.26. The number of fused-ring (bicyclic) bond motifs is 1. The van der Waals surface area contributed by atoms with Crippen LogP contribution < -0.4 is 20.1 Å². The fraction of sp³-hybridized carbons (Fsp3) is 0.429. The van der Waals surface area contributed by atoms with E-state index in [1.54, 1.807) is 0 Å². The van der Waals surface area contributed by atoms with Gasteiger partial charge in [0.1, 0.15) is 6.04 Å². The van der Waals surface area contributed by atoms with Crippen molar-refractivity contribution in [3.05, 3.63) is 23.8 Å². The third kappa shape index (κ3) is 2.41. The van der Waals surface area contributed by atoms with Crippen molar-refractivity contribution in [1.29, 1.82) is 0 Å². The lowest BCUT2D eigenvalue weighted by molar-refractivity contribution is -0.120. The van der Waals surface area contributed by atoms with Crippen LogP contribution in [0.15, 0.2) is 23.2 Å². The van der Waals surface area contributed by atoms with E-state index in [4.69, 9.17) is 9.47 Å². The summed E-state index contributed by atoms with van der Waals surface area (Å²) in [6, 6.07) is 5.06. The minimum Gasteiger partial charge on any atom is -0.454 e. The highest BCUT2D eigenvalue weighted by molar-refractivity contribution is 6.06. The highest BCUT2D eigenvalue weighted by atomic mass is 16.7. The van der Waals surface area contributed by atoms with E-state index in [0.29, 0.717) is 29.9 Å². The molecule has 6 heteroatoms. The summed E-state index contributed by atoms with van der Waals surface area (Å²) in [4.78, 5) is 16.3. The Bertz CT molecular complexity index is 569. The van der Waals surface area contributed by atoms with E-state index < -0.39 is 6.04 Å². The summed E-state index contributed by atoms with van der Waals surface area (Å²) in [5.41, 5.74) is 0.835. The van der Waals surface area contributed by atoms with Gasteiger partial charge in [0.2, 0.25) is 6.79 Å². The molecule has 1 amide bonds. The van der Waals surface area contributed by atoms with Crippen molar-refractivity contribution in [2.24, 2.45) is 10.9 Å². The van der Waals surface area contributed by atoms with Crippen LogP contribution in [-0.2, 0) is 4.79 Å². The molecular weight excluding hydrogens is 258 g/mol. The Morgan fingerprint density at radius 2 is 2.15 bits per heavy atom. The lowest BCUT2D eigenvalue weighted by atomic mass is 10.1. The second-order valence-electron chi connectivity index (χ2n) is 5.26. The zero-order valence-corrected chi connectivity index (χ0v) is 11.5. The summed E-state index contributed by atoms with van der Waals surface area (Å²) in [6.45, 7) is 5.06. The second-order valence-corrected chi connectivity index (χ2v) is 5.26. The maximum Gasteiger partial charge on any atom is 0.253 e. The zero-order chi connectivity index (χ0) is 14.1. The highest BCUT2D eigenvalue weighted by Gasteiger charge is 2.30. The first-order valence-electron chi connectivity index (χ1n) is 6.65. The molecule has 2 heterocycles. The Morgan fingerprint density at radius 3 is 2.95 bits per heavy atom. The number of benzene rings is 1. The first-order valence-corrected chi connectivity index (χ1v) is 6.65. The molecule has 0 aliphatic carbocycles. The van der Waals surface area contributed by atoms with Crippen LogP contribution in [0.25, 0.3) is 0 Å². The number of nitrogens with one attached hydrogen (secondary N) is 2. The Hall–Kier alpha value is -2.24. The zero-order valence-electron chi connectivity index (χ0n) is 11.5. The third-order valence-corrected chi connectivity index (χ3v) is 3.13. The van der Waals surface area contributed by atoms with Crippen molar-refractivity contribution in [2.45, 2.75) is 19.9 Å². The number of carbonyl (C=O) groups is 1. The minimum absolute atomic E-state index is 0.105. The number of nitrogens with zero attached hydrogens (tertiary/aromatic N) is 1. The van der Waals surface area contributed by atoms with Crippen molar-refractivity contribution in [3.63, 3.8) is 0 Å². The quantitative estimate of drug-likeness (QED) is 0.869. The Balaban J connectivity index is 1.77. The van der Waals surface area contributed by atoms with Gasteiger partial charge in [-0.1, -0.05) is 19.9 Å². The van der Waals surface area contributed by atoms with Crippen LogP contribution in [0.2, 0.25) is 0 Å². The lowest BCUT2D eigenvalue weighted by Gasteiger charge is -2.09. The van der Waals surface area contributed by atoms with Crippen molar-refractivity contribution in [2.75, 3.05) is 13.3 Å². The molecule has 1 fully saturated rings. The van der Waals surface area contributed by atoms with Crippen LogP contribution in [0, 0.1) is 5.92 Å². The molecule has 0 aromatic heterocycles. The molecule has 2 aliphatic heterocycles. The lowest BCUT2D eigenvalue weighted by Crippen LogP contribution is -2.26. The standard InChI is InChI=1S/C14H17N3O3/c1-8(2)6-15-14-16-12(13(18)17-14)9-3-4-10-11(5-9)20-7-19-10/h3-5,8,12H,6-7H2,1-2H3,(H2,15,16,17,18). The van der Waals surface area contributed by atoms with E-state index in [9.17, 15) is 4.79 Å². The van der Waals surface area contributed by atoms with Crippen LogP contribution in [0.4, 0.5) is 0 Å². The van der Waals surface area contributed by atoms with E-state index in [0.717, 1.165) is 5.56 Å². The van der Waals surface area contributed by atoms with Gasteiger partial charge < -0.3 is 14.8 Å². The van der Waals surface area contributed by atoms with E-state index in [1.807, 2.05) is 18.2 Å². The number of hydrogen-bond donors (Lipinski definition) is 2. The molecule has 20 heavy (non-hydrogen) atoms. The van der Waals surface area contributed by atoms with Crippen molar-refractivity contribution in [3.8, 4) is 11.5 Å². The first kappa shape index (κ1) is 12.8. The average Bonchev–Trinajstić information content (AvgIpc) is 3.01. The molecule has 0 bridgehead atoms. The van der Waals surface area contributed by atoms with E-state index in [1.165, 1.54) is 0 Å². The fourth-order valence-corrected chi connectivity index (χ4v) is 2.11. The van der Waals surface area contributed by atoms with Crippen LogP contribution in [0.1, 0.15) is 25.5 Å². The summed E-state index contributed by atoms with van der Waals surface area (Å²) >= 11 is 0. The SMILES string of the molecule is CC(C)CN=C1NC(=O)C(c2ccc3c(c2)OCO3)N1. The number of amides is 1. The Kier molecular flexibility index (Phi) is 3.22. The number of hydrogen-bond acceptors (Lipinski definition) is 4. The van der Waals surface area contributed by atoms with Crippen LogP contribution in [-0.4, -0.2) is 25.2 Å². The van der Waals surface area contributed by atoms with Crippen LogP contribution in [0.3, 0.4) is 0 Å². The molecule has 1 unspecified atom stereocenters. The number of carbonyl (C=O) groups excluding carboxylic acids is 1. The number of guanidine groups is 1. The summed E-state index contributed by atoms with van der Waals surface area (Å²) < 4.78 is 10.6. The van der Waals surface area contributed by atoms with E-state index >= 15 is 0 Å². The molecule has 1 atom stereocenters. The van der Waals surface area contributed by atoms with Gasteiger partial charge in [-0.25, -0.2) is 0 Å². The van der Waals surface area contributed by atoms with Gasteiger partial charge in [-0.15, -0.1) is 0 Å². The fourth-order valence-electron chi connectivity index (χ4n) is 2.11. The van der Waals surface area contributed by atoms with Gasteiger partial charge in [-0.3, -0.25) is 15.1 Å². The van der Waals surface area contributed by atoms with Crippen molar-refractivity contribution < 1.29 is 14.3 Å². The smallest absolute Gasteiger partial charge is 0.253 e. The number of ether oxygens (including phenoxy) is 2. The molecule has 3 rings (SSSR count). The molecule has 0 radical (unpaired) electrons. The molecule has 0 saturated carbocycles. The summed E-state index contributed by atoms with van der Waals surface area (Å²) in [5, 5.41) is 5.85. The maximum atomic E-state index is 12.0. The average molecular weight is 275 g/mol. The molecule has 2 N–H and O–H groups in total. The molecule has 6 nitrogen and oxygen atoms in total.